The van der Waals surface area contributed by atoms with E-state index in [4.69, 9.17) is 9.47 Å². The lowest BCUT2D eigenvalue weighted by Gasteiger charge is -2.37. The predicted octanol–water partition coefficient (Wildman–Crippen LogP) is 6.39. The highest BCUT2D eigenvalue weighted by Gasteiger charge is 2.36. The second kappa shape index (κ2) is 10.8. The monoisotopic (exact) mass is 483 g/mol. The van der Waals surface area contributed by atoms with Crippen LogP contribution in [-0.4, -0.2) is 42.8 Å². The molecular formula is C31H33NO4. The van der Waals surface area contributed by atoms with Gasteiger partial charge in [0.05, 0.1) is 19.2 Å². The maximum absolute atomic E-state index is 13.1. The summed E-state index contributed by atoms with van der Waals surface area (Å²) in [7, 11) is 1.38. The van der Waals surface area contributed by atoms with Gasteiger partial charge < -0.3 is 14.4 Å². The number of rotatable bonds is 5. The number of benzene rings is 3. The van der Waals surface area contributed by atoms with Crippen molar-refractivity contribution in [3.63, 3.8) is 0 Å². The van der Waals surface area contributed by atoms with E-state index in [1.165, 1.54) is 7.11 Å². The van der Waals surface area contributed by atoms with E-state index in [0.29, 0.717) is 18.5 Å². The quantitative estimate of drug-likeness (QED) is 0.395. The Labute approximate surface area is 213 Å². The van der Waals surface area contributed by atoms with Crippen molar-refractivity contribution < 1.29 is 19.1 Å². The van der Waals surface area contributed by atoms with Crippen LogP contribution >= 0.6 is 0 Å². The van der Waals surface area contributed by atoms with Crippen molar-refractivity contribution >= 4 is 17.6 Å². The third-order valence-corrected chi connectivity index (χ3v) is 6.21. The smallest absolute Gasteiger partial charge is 0.410 e. The molecule has 0 saturated heterocycles. The lowest BCUT2D eigenvalue weighted by atomic mass is 9.80. The van der Waals surface area contributed by atoms with Crippen molar-refractivity contribution in [3.8, 4) is 11.1 Å². The van der Waals surface area contributed by atoms with Gasteiger partial charge in [-0.2, -0.15) is 0 Å². The third kappa shape index (κ3) is 6.03. The van der Waals surface area contributed by atoms with E-state index in [0.717, 1.165) is 27.8 Å². The van der Waals surface area contributed by atoms with Crippen molar-refractivity contribution in [3.05, 3.63) is 102 Å². The van der Waals surface area contributed by atoms with Gasteiger partial charge in [0.25, 0.3) is 0 Å². The molecule has 1 amide bonds. The van der Waals surface area contributed by atoms with Gasteiger partial charge in [0.1, 0.15) is 5.60 Å². The summed E-state index contributed by atoms with van der Waals surface area (Å²) in [6.07, 6.45) is 0.241. The van der Waals surface area contributed by atoms with Gasteiger partial charge in [0, 0.05) is 12.5 Å². The van der Waals surface area contributed by atoms with Gasteiger partial charge in [-0.3, -0.25) is 0 Å². The minimum Gasteiger partial charge on any atom is -0.466 e. The molecule has 0 spiro atoms. The lowest BCUT2D eigenvalue weighted by molar-refractivity contribution is -0.136. The van der Waals surface area contributed by atoms with Gasteiger partial charge in [-0.1, -0.05) is 78.9 Å². The van der Waals surface area contributed by atoms with Gasteiger partial charge in [-0.25, -0.2) is 9.59 Å². The Kier molecular flexibility index (Phi) is 7.58. The summed E-state index contributed by atoms with van der Waals surface area (Å²) >= 11 is 0. The Morgan fingerprint density at radius 2 is 1.47 bits per heavy atom. The Hall–Kier alpha value is -3.86. The lowest BCUT2D eigenvalue weighted by Crippen LogP contribution is -2.45. The van der Waals surface area contributed by atoms with Gasteiger partial charge >= 0.3 is 12.1 Å². The minimum absolute atomic E-state index is 0.117. The summed E-state index contributed by atoms with van der Waals surface area (Å²) in [4.78, 5) is 27.8. The first kappa shape index (κ1) is 25.2. The molecule has 36 heavy (non-hydrogen) atoms. The Balaban J connectivity index is 1.82. The van der Waals surface area contributed by atoms with Gasteiger partial charge in [0.15, 0.2) is 0 Å². The van der Waals surface area contributed by atoms with Crippen LogP contribution in [0.5, 0.6) is 0 Å². The van der Waals surface area contributed by atoms with Crippen molar-refractivity contribution in [1.29, 1.82) is 0 Å². The van der Waals surface area contributed by atoms with E-state index >= 15 is 0 Å². The number of hydrogen-bond donors (Lipinski definition) is 0. The molecule has 1 atom stereocenters. The molecule has 0 radical (unpaired) electrons. The summed E-state index contributed by atoms with van der Waals surface area (Å²) in [5.41, 5.74) is 5.04. The zero-order chi connectivity index (χ0) is 25.7. The second-order valence-electron chi connectivity index (χ2n) is 10.1. The number of nitrogens with zero attached hydrogens (tertiary/aromatic N) is 1. The molecule has 1 unspecified atom stereocenters. The number of methoxy groups -OCH3 is 1. The molecule has 0 fully saturated rings. The molecule has 5 heteroatoms. The van der Waals surface area contributed by atoms with Crippen LogP contribution < -0.4 is 0 Å². The third-order valence-electron chi connectivity index (χ3n) is 6.21. The molecule has 1 heterocycles. The molecule has 0 aliphatic carbocycles. The van der Waals surface area contributed by atoms with Gasteiger partial charge in [-0.15, -0.1) is 0 Å². The molecule has 3 aromatic carbocycles. The van der Waals surface area contributed by atoms with Gasteiger partial charge in [-0.05, 0) is 61.1 Å². The largest absolute Gasteiger partial charge is 0.466 e. The average Bonchev–Trinajstić information content (AvgIpc) is 2.88. The van der Waals surface area contributed by atoms with Gasteiger partial charge in [0.2, 0.25) is 0 Å². The zero-order valence-corrected chi connectivity index (χ0v) is 21.4. The Bertz CT molecular complexity index is 1240. The highest BCUT2D eigenvalue weighted by molar-refractivity contribution is 6.00. The SMILES string of the molecule is COC(=O)C1=C(c2cccc(-c3ccccc3)c2)C(Cc2ccccc2)CN(C(=O)OC(C)(C)C)C1. The van der Waals surface area contributed by atoms with Crippen molar-refractivity contribution in [1.82, 2.24) is 4.90 Å². The highest BCUT2D eigenvalue weighted by Crippen LogP contribution is 2.37. The first-order chi connectivity index (χ1) is 17.2. The van der Waals surface area contributed by atoms with Crippen LogP contribution in [0.15, 0.2) is 90.5 Å². The van der Waals surface area contributed by atoms with E-state index in [1.807, 2.05) is 69.3 Å². The number of carbonyl (C=O) groups is 2. The fourth-order valence-electron chi connectivity index (χ4n) is 4.68. The van der Waals surface area contributed by atoms with Crippen LogP contribution in [0.1, 0.15) is 31.9 Å². The molecule has 0 saturated carbocycles. The highest BCUT2D eigenvalue weighted by atomic mass is 16.6. The standard InChI is InChI=1S/C31H33NO4/c1-31(2,3)36-30(34)32-20-26(18-22-12-7-5-8-13-22)28(27(21-32)29(33)35-4)25-17-11-16-24(19-25)23-14-9-6-10-15-23/h5-17,19,26H,18,20-21H2,1-4H3. The number of carbonyl (C=O) groups excluding carboxylic acids is 2. The van der Waals surface area contributed by atoms with Crippen LogP contribution in [0.25, 0.3) is 16.7 Å². The number of hydrogen-bond acceptors (Lipinski definition) is 4. The van der Waals surface area contributed by atoms with E-state index in [2.05, 4.69) is 36.4 Å². The van der Waals surface area contributed by atoms with Crippen molar-refractivity contribution in [2.75, 3.05) is 20.2 Å². The fraction of sp³-hybridized carbons (Fsp3) is 0.290. The molecule has 0 N–H and O–H groups in total. The average molecular weight is 484 g/mol. The first-order valence-corrected chi connectivity index (χ1v) is 12.2. The maximum Gasteiger partial charge on any atom is 0.410 e. The van der Waals surface area contributed by atoms with Crippen molar-refractivity contribution in [2.24, 2.45) is 5.92 Å². The van der Waals surface area contributed by atoms with Crippen LogP contribution in [-0.2, 0) is 20.7 Å². The van der Waals surface area contributed by atoms with E-state index < -0.39 is 17.7 Å². The molecule has 0 aromatic heterocycles. The topological polar surface area (TPSA) is 55.8 Å². The maximum atomic E-state index is 13.1. The Morgan fingerprint density at radius 3 is 2.11 bits per heavy atom. The molecule has 5 nitrogen and oxygen atoms in total. The number of ether oxygens (including phenoxy) is 2. The van der Waals surface area contributed by atoms with E-state index in [-0.39, 0.29) is 12.5 Å². The second-order valence-corrected chi connectivity index (χ2v) is 10.1. The number of amides is 1. The summed E-state index contributed by atoms with van der Waals surface area (Å²) in [6.45, 7) is 6.10. The molecule has 1 aliphatic heterocycles. The first-order valence-electron chi connectivity index (χ1n) is 12.2. The summed E-state index contributed by atoms with van der Waals surface area (Å²) in [5.74, 6) is -0.546. The van der Waals surface area contributed by atoms with Crippen LogP contribution in [0, 0.1) is 5.92 Å². The minimum atomic E-state index is -0.633. The number of esters is 1. The molecule has 4 rings (SSSR count). The van der Waals surface area contributed by atoms with E-state index in [9.17, 15) is 9.59 Å². The molecule has 186 valence electrons. The van der Waals surface area contributed by atoms with Crippen molar-refractivity contribution in [2.45, 2.75) is 32.8 Å². The molecule has 1 aliphatic rings. The molecule has 0 bridgehead atoms. The zero-order valence-electron chi connectivity index (χ0n) is 21.4. The fourth-order valence-corrected chi connectivity index (χ4v) is 4.68. The summed E-state index contributed by atoms with van der Waals surface area (Å²) in [5, 5.41) is 0. The van der Waals surface area contributed by atoms with Crippen LogP contribution in [0.2, 0.25) is 0 Å². The molecular weight excluding hydrogens is 450 g/mol. The normalized spacial score (nSPS) is 16.0. The van der Waals surface area contributed by atoms with E-state index in [1.54, 1.807) is 4.90 Å². The predicted molar refractivity (Wildman–Crippen MR) is 142 cm³/mol. The van der Waals surface area contributed by atoms with Crippen LogP contribution in [0.3, 0.4) is 0 Å². The van der Waals surface area contributed by atoms with Crippen LogP contribution in [0.4, 0.5) is 4.79 Å². The molecule has 3 aromatic rings. The Morgan fingerprint density at radius 1 is 0.861 bits per heavy atom. The summed E-state index contributed by atoms with van der Waals surface area (Å²) < 4.78 is 10.9. The summed E-state index contributed by atoms with van der Waals surface area (Å²) in [6, 6.07) is 28.5.